The summed E-state index contributed by atoms with van der Waals surface area (Å²) >= 11 is 0. The molecule has 0 saturated heterocycles. The summed E-state index contributed by atoms with van der Waals surface area (Å²) in [7, 11) is -6.61. The molecular formula is C24H44N2O3Si4. The molecule has 9 heteroatoms. The Hall–Kier alpha value is -1.69. The summed E-state index contributed by atoms with van der Waals surface area (Å²) in [5, 5.41) is 0. The molecule has 0 radical (unpaired) electrons. The minimum atomic E-state index is -1.73. The fraction of sp³-hybridized carbons (Fsp3) is 0.500. The number of rotatable bonds is 10. The van der Waals surface area contributed by atoms with Crippen LogP contribution in [-0.2, 0) is 0 Å². The van der Waals surface area contributed by atoms with Crippen LogP contribution < -0.4 is 23.6 Å². The molecule has 0 unspecified atom stereocenters. The fourth-order valence-electron chi connectivity index (χ4n) is 3.12. The summed E-state index contributed by atoms with van der Waals surface area (Å²) in [6.07, 6.45) is 0. The van der Waals surface area contributed by atoms with Gasteiger partial charge in [0.15, 0.2) is 0 Å². The van der Waals surface area contributed by atoms with E-state index in [1.807, 2.05) is 24.3 Å². The van der Waals surface area contributed by atoms with Gasteiger partial charge >= 0.3 is 0 Å². The average molecular weight is 521 g/mol. The highest BCUT2D eigenvalue weighted by molar-refractivity contribution is 6.79. The van der Waals surface area contributed by atoms with Gasteiger partial charge < -0.3 is 23.6 Å². The molecule has 0 saturated carbocycles. The van der Waals surface area contributed by atoms with Crippen LogP contribution >= 0.6 is 0 Å². The third-order valence-corrected chi connectivity index (χ3v) is 7.69. The van der Waals surface area contributed by atoms with Crippen LogP contribution in [0.1, 0.15) is 0 Å². The van der Waals surface area contributed by atoms with Gasteiger partial charge in [-0.3, -0.25) is 0 Å². The van der Waals surface area contributed by atoms with Crippen molar-refractivity contribution in [2.45, 2.75) is 78.6 Å². The molecule has 0 aliphatic carbocycles. The molecule has 33 heavy (non-hydrogen) atoms. The quantitative estimate of drug-likeness (QED) is 0.308. The molecule has 2 aromatic rings. The second kappa shape index (κ2) is 9.89. The summed E-state index contributed by atoms with van der Waals surface area (Å²) in [6, 6.07) is 12.2. The predicted octanol–water partition coefficient (Wildman–Crippen LogP) is 8.40. The van der Waals surface area contributed by atoms with Gasteiger partial charge in [-0.05, 0) is 63.5 Å². The first-order chi connectivity index (χ1) is 14.8. The van der Waals surface area contributed by atoms with Crippen LogP contribution in [-0.4, -0.2) is 33.1 Å². The Kier molecular flexibility index (Phi) is 8.26. The zero-order chi connectivity index (χ0) is 25.2. The van der Waals surface area contributed by atoms with Gasteiger partial charge in [0.05, 0.1) is 11.4 Å². The first-order valence-electron chi connectivity index (χ1n) is 11.7. The highest BCUT2D eigenvalue weighted by Crippen LogP contribution is 2.37. The van der Waals surface area contributed by atoms with Crippen LogP contribution in [0.4, 0.5) is 11.4 Å². The molecule has 0 atom stereocenters. The average Bonchev–Trinajstić information content (AvgIpc) is 2.54. The van der Waals surface area contributed by atoms with E-state index in [-0.39, 0.29) is 0 Å². The largest absolute Gasteiger partial charge is 0.543 e. The summed E-state index contributed by atoms with van der Waals surface area (Å²) < 4.78 is 19.0. The summed E-state index contributed by atoms with van der Waals surface area (Å²) in [4.78, 5) is 7.42. The molecule has 0 aliphatic heterocycles. The highest BCUT2D eigenvalue weighted by atomic mass is 28.4. The molecule has 184 valence electrons. The Morgan fingerprint density at radius 3 is 1.12 bits per heavy atom. The van der Waals surface area contributed by atoms with E-state index < -0.39 is 33.1 Å². The normalized spacial score (nSPS) is 12.8. The standard InChI is InChI=1S/C24H44N2O3Si4/c1-30(2,3)25-21-17-19(13-15-23(21)28-32(7,8)9)27-20-14-16-24(29-33(10,11)12)22(18-20)26-31(4,5)6/h13-18,25-26H,1-12H3. The molecule has 0 bridgehead atoms. The Balaban J connectivity index is 2.40. The Labute approximate surface area is 205 Å². The van der Waals surface area contributed by atoms with Crippen LogP contribution in [0.25, 0.3) is 0 Å². The van der Waals surface area contributed by atoms with Crippen molar-refractivity contribution < 1.29 is 13.6 Å². The van der Waals surface area contributed by atoms with Gasteiger partial charge in [-0.15, -0.1) is 0 Å². The van der Waals surface area contributed by atoms with Crippen molar-refractivity contribution in [3.8, 4) is 23.0 Å². The number of hydrogen-bond acceptors (Lipinski definition) is 5. The lowest BCUT2D eigenvalue weighted by Crippen LogP contribution is -2.34. The number of hydrogen-bond donors (Lipinski definition) is 2. The third kappa shape index (κ3) is 10.4. The molecule has 0 aliphatic rings. The van der Waals surface area contributed by atoms with Crippen molar-refractivity contribution >= 4 is 44.5 Å². The smallest absolute Gasteiger partial charge is 0.242 e. The third-order valence-electron chi connectivity index (χ3n) is 3.99. The number of benzene rings is 2. The lowest BCUT2D eigenvalue weighted by molar-refractivity contribution is 0.479. The fourth-order valence-corrected chi connectivity index (χ4v) is 6.80. The molecule has 0 spiro atoms. The van der Waals surface area contributed by atoms with Crippen LogP contribution in [0.5, 0.6) is 23.0 Å². The maximum absolute atomic E-state index is 6.34. The van der Waals surface area contributed by atoms with Gasteiger partial charge in [-0.1, -0.05) is 39.3 Å². The Morgan fingerprint density at radius 2 is 0.848 bits per heavy atom. The Bertz CT molecular complexity index is 879. The van der Waals surface area contributed by atoms with E-state index in [2.05, 4.69) is 101 Å². The molecule has 0 aromatic heterocycles. The van der Waals surface area contributed by atoms with E-state index in [9.17, 15) is 0 Å². The molecule has 2 N–H and O–H groups in total. The van der Waals surface area contributed by atoms with Gasteiger partial charge in [0.1, 0.15) is 39.5 Å². The molecule has 2 rings (SSSR count). The monoisotopic (exact) mass is 520 g/mol. The van der Waals surface area contributed by atoms with Crippen molar-refractivity contribution in [3.05, 3.63) is 36.4 Å². The molecule has 2 aromatic carbocycles. The van der Waals surface area contributed by atoms with Crippen LogP contribution in [0, 0.1) is 0 Å². The second-order valence-corrected chi connectivity index (χ2v) is 31.0. The van der Waals surface area contributed by atoms with E-state index in [1.54, 1.807) is 0 Å². The maximum atomic E-state index is 6.34. The van der Waals surface area contributed by atoms with E-state index in [4.69, 9.17) is 13.6 Å². The molecular weight excluding hydrogens is 477 g/mol. The predicted molar refractivity (Wildman–Crippen MR) is 155 cm³/mol. The van der Waals surface area contributed by atoms with E-state index in [1.165, 1.54) is 0 Å². The number of anilines is 2. The van der Waals surface area contributed by atoms with Gasteiger partial charge in [0.2, 0.25) is 16.6 Å². The topological polar surface area (TPSA) is 51.8 Å². The van der Waals surface area contributed by atoms with Crippen molar-refractivity contribution in [1.29, 1.82) is 0 Å². The minimum Gasteiger partial charge on any atom is -0.543 e. The minimum absolute atomic E-state index is 0.788. The molecule has 0 heterocycles. The summed E-state index contributed by atoms with van der Waals surface area (Å²) in [6.45, 7) is 26.9. The first kappa shape index (κ1) is 27.6. The van der Waals surface area contributed by atoms with Crippen LogP contribution in [0.2, 0.25) is 78.6 Å². The van der Waals surface area contributed by atoms with E-state index >= 15 is 0 Å². The van der Waals surface area contributed by atoms with Crippen LogP contribution in [0.3, 0.4) is 0 Å². The first-order valence-corrected chi connectivity index (χ1v) is 25.5. The maximum Gasteiger partial charge on any atom is 0.242 e. The second-order valence-electron chi connectivity index (χ2n) is 12.6. The summed E-state index contributed by atoms with van der Waals surface area (Å²) in [5.74, 6) is 3.39. The molecule has 0 amide bonds. The van der Waals surface area contributed by atoms with Gasteiger partial charge in [-0.2, -0.15) is 0 Å². The SMILES string of the molecule is C[Si](C)(C)Nc1cc(Oc2ccc(O[Si](C)(C)C)c(N[Si](C)(C)C)c2)ccc1O[Si](C)(C)C. The number of ether oxygens (including phenoxy) is 1. The Morgan fingerprint density at radius 1 is 0.515 bits per heavy atom. The van der Waals surface area contributed by atoms with E-state index in [0.717, 1.165) is 34.4 Å². The van der Waals surface area contributed by atoms with Gasteiger partial charge in [-0.25, -0.2) is 0 Å². The van der Waals surface area contributed by atoms with Gasteiger partial charge in [0.25, 0.3) is 0 Å². The van der Waals surface area contributed by atoms with Crippen molar-refractivity contribution in [2.24, 2.45) is 0 Å². The number of nitrogens with one attached hydrogen (secondary N) is 2. The zero-order valence-corrected chi connectivity index (χ0v) is 26.7. The van der Waals surface area contributed by atoms with Crippen LogP contribution in [0.15, 0.2) is 36.4 Å². The highest BCUT2D eigenvalue weighted by Gasteiger charge is 2.23. The van der Waals surface area contributed by atoms with E-state index in [0.29, 0.717) is 0 Å². The van der Waals surface area contributed by atoms with Crippen molar-refractivity contribution in [2.75, 3.05) is 9.96 Å². The van der Waals surface area contributed by atoms with Crippen molar-refractivity contribution in [3.63, 3.8) is 0 Å². The van der Waals surface area contributed by atoms with Gasteiger partial charge in [0, 0.05) is 12.1 Å². The molecule has 5 nitrogen and oxygen atoms in total. The van der Waals surface area contributed by atoms with Crippen molar-refractivity contribution in [1.82, 2.24) is 0 Å². The summed E-state index contributed by atoms with van der Waals surface area (Å²) in [5.41, 5.74) is 2.02. The zero-order valence-electron chi connectivity index (χ0n) is 22.7. The lowest BCUT2D eigenvalue weighted by Gasteiger charge is -2.27. The lowest BCUT2D eigenvalue weighted by atomic mass is 10.2. The molecule has 0 fully saturated rings.